The summed E-state index contributed by atoms with van der Waals surface area (Å²) in [5, 5.41) is 16.4. The number of carboxylic acids is 1. The van der Waals surface area contributed by atoms with Crippen LogP contribution in [0.4, 0.5) is 0 Å². The van der Waals surface area contributed by atoms with Gasteiger partial charge in [-0.25, -0.2) is 4.79 Å². The van der Waals surface area contributed by atoms with Gasteiger partial charge in [0.1, 0.15) is 12.1 Å². The van der Waals surface area contributed by atoms with Crippen LogP contribution >= 0.6 is 0 Å². The van der Waals surface area contributed by atoms with Gasteiger partial charge in [-0.05, 0) is 17.9 Å². The molecule has 0 fully saturated rings. The Morgan fingerprint density at radius 3 is 2.18 bits per heavy atom. The summed E-state index contributed by atoms with van der Waals surface area (Å²) in [6.07, 6.45) is 0.462. The number of amides is 4. The Hall–Kier alpha value is -3.47. The molecular formula is C22H33N5O6. The van der Waals surface area contributed by atoms with Crippen LogP contribution in [-0.4, -0.2) is 59.4 Å². The molecule has 0 aliphatic rings. The summed E-state index contributed by atoms with van der Waals surface area (Å²) in [4.78, 5) is 59.5. The van der Waals surface area contributed by atoms with Gasteiger partial charge in [-0.2, -0.15) is 0 Å². The van der Waals surface area contributed by atoms with Crippen molar-refractivity contribution >= 4 is 29.6 Å². The fraction of sp³-hybridized carbons (Fsp3) is 0.500. The van der Waals surface area contributed by atoms with E-state index >= 15 is 0 Å². The molecule has 182 valence electrons. The largest absolute Gasteiger partial charge is 0.480 e. The number of carbonyl (C=O) groups is 5. The van der Waals surface area contributed by atoms with Crippen LogP contribution in [-0.2, 0) is 30.4 Å². The average molecular weight is 464 g/mol. The topological polar surface area (TPSA) is 194 Å². The van der Waals surface area contributed by atoms with Gasteiger partial charge in [0.05, 0.1) is 12.6 Å². The van der Waals surface area contributed by atoms with Gasteiger partial charge in [0.25, 0.3) is 0 Å². The second kappa shape index (κ2) is 13.8. The fourth-order valence-electron chi connectivity index (χ4n) is 2.92. The Kier molecular flexibility index (Phi) is 11.6. The van der Waals surface area contributed by atoms with Gasteiger partial charge in [0.15, 0.2) is 0 Å². The van der Waals surface area contributed by atoms with Gasteiger partial charge in [0, 0.05) is 12.8 Å². The molecule has 1 rings (SSSR count). The third-order valence-corrected chi connectivity index (χ3v) is 5.21. The number of carbonyl (C=O) groups excluding carboxylic acids is 4. The molecule has 0 aliphatic carbocycles. The van der Waals surface area contributed by atoms with Crippen LogP contribution in [0.15, 0.2) is 30.3 Å². The van der Waals surface area contributed by atoms with Gasteiger partial charge < -0.3 is 32.5 Å². The predicted octanol–water partition coefficient (Wildman–Crippen LogP) is -0.962. The summed E-state index contributed by atoms with van der Waals surface area (Å²) < 4.78 is 0. The third-order valence-electron chi connectivity index (χ3n) is 5.21. The molecule has 8 N–H and O–H groups in total. The first-order chi connectivity index (χ1) is 15.5. The lowest BCUT2D eigenvalue weighted by Gasteiger charge is -2.23. The SMILES string of the molecule is CC[C@H](C)[C@H](N)C(=O)N[C@@H](Cc1ccccc1)C(=O)NCC(=O)N[C@@H](CCC(N)=O)C(=O)O. The van der Waals surface area contributed by atoms with Crippen molar-refractivity contribution in [2.75, 3.05) is 6.54 Å². The van der Waals surface area contributed by atoms with Crippen LogP contribution in [0.25, 0.3) is 0 Å². The molecule has 1 aromatic carbocycles. The number of hydrogen-bond donors (Lipinski definition) is 6. The zero-order valence-electron chi connectivity index (χ0n) is 18.9. The normalized spacial score (nSPS) is 14.3. The van der Waals surface area contributed by atoms with Crippen molar-refractivity contribution in [3.63, 3.8) is 0 Å². The van der Waals surface area contributed by atoms with Gasteiger partial charge >= 0.3 is 5.97 Å². The quantitative estimate of drug-likeness (QED) is 0.204. The van der Waals surface area contributed by atoms with E-state index in [1.165, 1.54) is 0 Å². The standard InChI is InChI=1S/C22H33N5O6/c1-3-13(2)19(24)21(31)27-16(11-14-7-5-4-6-8-14)20(30)25-12-18(29)26-15(22(32)33)9-10-17(23)28/h4-8,13,15-16,19H,3,9-12,24H2,1-2H3,(H2,23,28)(H,25,30)(H,26,29)(H,27,31)(H,32,33)/t13-,15-,16-,19-/m0/s1. The summed E-state index contributed by atoms with van der Waals surface area (Å²) in [5.41, 5.74) is 11.8. The zero-order chi connectivity index (χ0) is 25.0. The molecule has 1 aromatic rings. The highest BCUT2D eigenvalue weighted by Crippen LogP contribution is 2.08. The van der Waals surface area contributed by atoms with Crippen molar-refractivity contribution < 1.29 is 29.1 Å². The molecule has 11 nitrogen and oxygen atoms in total. The van der Waals surface area contributed by atoms with Crippen LogP contribution in [0.3, 0.4) is 0 Å². The monoisotopic (exact) mass is 463 g/mol. The number of carboxylic acid groups (broad SMARTS) is 1. The number of benzene rings is 1. The zero-order valence-corrected chi connectivity index (χ0v) is 18.9. The van der Waals surface area contributed by atoms with E-state index in [4.69, 9.17) is 16.6 Å². The average Bonchev–Trinajstić information content (AvgIpc) is 2.78. The highest BCUT2D eigenvalue weighted by molar-refractivity contribution is 5.92. The highest BCUT2D eigenvalue weighted by Gasteiger charge is 2.27. The number of rotatable bonds is 14. The molecule has 0 spiro atoms. The maximum atomic E-state index is 12.8. The Morgan fingerprint density at radius 1 is 1.00 bits per heavy atom. The summed E-state index contributed by atoms with van der Waals surface area (Å²) in [6, 6.07) is 5.88. The minimum atomic E-state index is -1.33. The molecule has 0 unspecified atom stereocenters. The van der Waals surface area contributed by atoms with Crippen molar-refractivity contribution in [2.24, 2.45) is 17.4 Å². The van der Waals surface area contributed by atoms with Crippen LogP contribution < -0.4 is 27.4 Å². The predicted molar refractivity (Wildman–Crippen MR) is 121 cm³/mol. The Bertz CT molecular complexity index is 832. The third kappa shape index (κ3) is 10.1. The molecule has 0 radical (unpaired) electrons. The maximum absolute atomic E-state index is 12.8. The van der Waals surface area contributed by atoms with Gasteiger partial charge in [-0.15, -0.1) is 0 Å². The first-order valence-corrected chi connectivity index (χ1v) is 10.7. The van der Waals surface area contributed by atoms with Crippen LogP contribution in [0.2, 0.25) is 0 Å². The lowest BCUT2D eigenvalue weighted by Crippen LogP contribution is -2.55. The molecule has 0 heterocycles. The highest BCUT2D eigenvalue weighted by atomic mass is 16.4. The summed E-state index contributed by atoms with van der Waals surface area (Å²) in [7, 11) is 0. The number of nitrogens with one attached hydrogen (secondary N) is 3. The van der Waals surface area contributed by atoms with Crippen LogP contribution in [0.5, 0.6) is 0 Å². The van der Waals surface area contributed by atoms with E-state index in [9.17, 15) is 24.0 Å². The smallest absolute Gasteiger partial charge is 0.326 e. The first kappa shape index (κ1) is 27.6. The second-order valence-electron chi connectivity index (χ2n) is 7.84. The minimum Gasteiger partial charge on any atom is -0.480 e. The minimum absolute atomic E-state index is 0.0930. The summed E-state index contributed by atoms with van der Waals surface area (Å²) in [6.45, 7) is 3.22. The Labute approximate surface area is 192 Å². The van der Waals surface area contributed by atoms with E-state index < -0.39 is 54.3 Å². The van der Waals surface area contributed by atoms with E-state index in [1.54, 1.807) is 24.3 Å². The molecule has 0 bridgehead atoms. The van der Waals surface area contributed by atoms with Crippen LogP contribution in [0, 0.1) is 5.92 Å². The molecule has 0 aliphatic heterocycles. The van der Waals surface area contributed by atoms with Gasteiger partial charge in [0.2, 0.25) is 23.6 Å². The maximum Gasteiger partial charge on any atom is 0.326 e. The fourth-order valence-corrected chi connectivity index (χ4v) is 2.92. The molecule has 4 amide bonds. The number of primary amides is 1. The Morgan fingerprint density at radius 2 is 1.64 bits per heavy atom. The van der Waals surface area contributed by atoms with E-state index in [0.717, 1.165) is 5.56 Å². The molecule has 11 heteroatoms. The van der Waals surface area contributed by atoms with Gasteiger partial charge in [-0.3, -0.25) is 19.2 Å². The molecule has 33 heavy (non-hydrogen) atoms. The molecule has 0 aromatic heterocycles. The Balaban J connectivity index is 2.79. The van der Waals surface area contributed by atoms with Crippen molar-refractivity contribution in [1.29, 1.82) is 0 Å². The lowest BCUT2D eigenvalue weighted by molar-refractivity contribution is -0.142. The number of nitrogens with two attached hydrogens (primary N) is 2. The van der Waals surface area contributed by atoms with E-state index in [-0.39, 0.29) is 25.2 Å². The molecular weight excluding hydrogens is 430 g/mol. The summed E-state index contributed by atoms with van der Waals surface area (Å²) >= 11 is 0. The van der Waals surface area contributed by atoms with Crippen molar-refractivity contribution in [3.05, 3.63) is 35.9 Å². The van der Waals surface area contributed by atoms with Crippen molar-refractivity contribution in [1.82, 2.24) is 16.0 Å². The van der Waals surface area contributed by atoms with Crippen molar-refractivity contribution in [3.8, 4) is 0 Å². The van der Waals surface area contributed by atoms with Crippen LogP contribution in [0.1, 0.15) is 38.7 Å². The number of hydrogen-bond acceptors (Lipinski definition) is 6. The van der Waals surface area contributed by atoms with E-state index in [0.29, 0.717) is 6.42 Å². The lowest BCUT2D eigenvalue weighted by atomic mass is 9.98. The van der Waals surface area contributed by atoms with E-state index in [2.05, 4.69) is 16.0 Å². The first-order valence-electron chi connectivity index (χ1n) is 10.7. The second-order valence-corrected chi connectivity index (χ2v) is 7.84. The molecule has 4 atom stereocenters. The van der Waals surface area contributed by atoms with Crippen molar-refractivity contribution in [2.45, 2.75) is 57.7 Å². The molecule has 0 saturated carbocycles. The summed E-state index contributed by atoms with van der Waals surface area (Å²) in [5.74, 6) is -3.99. The number of aliphatic carboxylic acids is 1. The van der Waals surface area contributed by atoms with E-state index in [1.807, 2.05) is 19.9 Å². The molecule has 0 saturated heterocycles. The van der Waals surface area contributed by atoms with Gasteiger partial charge in [-0.1, -0.05) is 50.6 Å².